The van der Waals surface area contributed by atoms with Gasteiger partial charge >= 0.3 is 0 Å². The van der Waals surface area contributed by atoms with Crippen LogP contribution in [0.25, 0.3) is 0 Å². The molecule has 0 amide bonds. The Hall–Kier alpha value is -1.06. The molecule has 0 saturated heterocycles. The summed E-state index contributed by atoms with van der Waals surface area (Å²) < 4.78 is 0. The number of hydrogen-bond donors (Lipinski definition) is 2. The standard InChI is InChI=1S/C16H26N2O/c1-10-6-7-14(19)16-13(8-11(2)15(10)16)17-9-12(3)18(4)5/h6-7,11-13,17,19H,8-9H2,1-5H3. The number of rotatable bonds is 4. The first kappa shape index (κ1) is 14.4. The summed E-state index contributed by atoms with van der Waals surface area (Å²) in [5, 5.41) is 13.8. The average molecular weight is 262 g/mol. The molecule has 1 aromatic rings. The van der Waals surface area contributed by atoms with Crippen LogP contribution < -0.4 is 5.32 Å². The zero-order valence-electron chi connectivity index (χ0n) is 12.7. The minimum Gasteiger partial charge on any atom is -0.508 e. The molecule has 1 aromatic carbocycles. The largest absolute Gasteiger partial charge is 0.508 e. The maximum atomic E-state index is 10.2. The van der Waals surface area contributed by atoms with E-state index in [1.54, 1.807) is 0 Å². The van der Waals surface area contributed by atoms with E-state index in [1.165, 1.54) is 11.1 Å². The van der Waals surface area contributed by atoms with Crippen LogP contribution in [-0.2, 0) is 0 Å². The van der Waals surface area contributed by atoms with E-state index >= 15 is 0 Å². The van der Waals surface area contributed by atoms with Crippen LogP contribution in [0.1, 0.15) is 48.9 Å². The van der Waals surface area contributed by atoms with E-state index in [0.717, 1.165) is 18.5 Å². The van der Waals surface area contributed by atoms with Gasteiger partial charge in [0.15, 0.2) is 0 Å². The number of phenolic OH excluding ortho intramolecular Hbond substituents is 1. The van der Waals surface area contributed by atoms with E-state index < -0.39 is 0 Å². The molecule has 0 heterocycles. The molecular weight excluding hydrogens is 236 g/mol. The Morgan fingerprint density at radius 2 is 2.05 bits per heavy atom. The summed E-state index contributed by atoms with van der Waals surface area (Å²) in [5.41, 5.74) is 3.76. The number of aryl methyl sites for hydroxylation is 1. The van der Waals surface area contributed by atoms with Crippen molar-refractivity contribution in [3.63, 3.8) is 0 Å². The molecule has 1 aliphatic carbocycles. The smallest absolute Gasteiger partial charge is 0.120 e. The molecule has 0 radical (unpaired) electrons. The van der Waals surface area contributed by atoms with Gasteiger partial charge in [-0.2, -0.15) is 0 Å². The monoisotopic (exact) mass is 262 g/mol. The average Bonchev–Trinajstić information content (AvgIpc) is 2.69. The third-order valence-electron chi connectivity index (χ3n) is 4.45. The highest BCUT2D eigenvalue weighted by molar-refractivity contribution is 5.50. The van der Waals surface area contributed by atoms with Gasteiger partial charge in [-0.3, -0.25) is 0 Å². The molecule has 0 aromatic heterocycles. The van der Waals surface area contributed by atoms with Crippen molar-refractivity contribution < 1.29 is 5.11 Å². The van der Waals surface area contributed by atoms with Gasteiger partial charge in [-0.05, 0) is 57.5 Å². The predicted octanol–water partition coefficient (Wildman–Crippen LogP) is 2.79. The van der Waals surface area contributed by atoms with Gasteiger partial charge in [-0.25, -0.2) is 0 Å². The Kier molecular flexibility index (Phi) is 4.16. The molecule has 0 bridgehead atoms. The number of aromatic hydroxyl groups is 1. The number of phenols is 1. The fraction of sp³-hybridized carbons (Fsp3) is 0.625. The van der Waals surface area contributed by atoms with Gasteiger partial charge < -0.3 is 15.3 Å². The molecule has 0 fully saturated rings. The van der Waals surface area contributed by atoms with Crippen LogP contribution in [0.15, 0.2) is 12.1 Å². The maximum Gasteiger partial charge on any atom is 0.120 e. The van der Waals surface area contributed by atoms with Crippen molar-refractivity contribution in [1.29, 1.82) is 0 Å². The lowest BCUT2D eigenvalue weighted by Gasteiger charge is -2.23. The van der Waals surface area contributed by atoms with Crippen molar-refractivity contribution in [2.45, 2.75) is 45.2 Å². The van der Waals surface area contributed by atoms with E-state index in [-0.39, 0.29) is 6.04 Å². The van der Waals surface area contributed by atoms with E-state index in [1.807, 2.05) is 12.1 Å². The number of hydrogen-bond acceptors (Lipinski definition) is 3. The van der Waals surface area contributed by atoms with E-state index in [4.69, 9.17) is 0 Å². The molecule has 3 unspecified atom stereocenters. The van der Waals surface area contributed by atoms with E-state index in [0.29, 0.717) is 17.7 Å². The van der Waals surface area contributed by atoms with E-state index in [9.17, 15) is 5.11 Å². The van der Waals surface area contributed by atoms with Gasteiger partial charge in [0.05, 0.1) is 0 Å². The summed E-state index contributed by atoms with van der Waals surface area (Å²) in [5.74, 6) is 0.967. The summed E-state index contributed by atoms with van der Waals surface area (Å²) in [4.78, 5) is 2.21. The maximum absolute atomic E-state index is 10.2. The van der Waals surface area contributed by atoms with E-state index in [2.05, 4.69) is 45.1 Å². The van der Waals surface area contributed by atoms with Crippen LogP contribution in [0, 0.1) is 6.92 Å². The predicted molar refractivity (Wildman–Crippen MR) is 79.8 cm³/mol. The van der Waals surface area contributed by atoms with Gasteiger partial charge in [0.25, 0.3) is 0 Å². The molecule has 2 rings (SSSR count). The first-order valence-electron chi connectivity index (χ1n) is 7.14. The molecular formula is C16H26N2O. The summed E-state index contributed by atoms with van der Waals surface area (Å²) in [7, 11) is 4.19. The molecule has 3 heteroatoms. The molecule has 106 valence electrons. The molecule has 1 aliphatic rings. The zero-order chi connectivity index (χ0) is 14.2. The Bertz CT molecular complexity index is 456. The molecule has 3 atom stereocenters. The number of nitrogens with one attached hydrogen (secondary N) is 1. The first-order valence-corrected chi connectivity index (χ1v) is 7.14. The van der Waals surface area contributed by atoms with Crippen molar-refractivity contribution >= 4 is 0 Å². The van der Waals surface area contributed by atoms with Gasteiger partial charge in [-0.1, -0.05) is 13.0 Å². The Morgan fingerprint density at radius 1 is 1.37 bits per heavy atom. The first-order chi connectivity index (χ1) is 8.91. The van der Waals surface area contributed by atoms with Crippen LogP contribution in [0.2, 0.25) is 0 Å². The number of likely N-dealkylation sites (N-methyl/N-ethyl adjacent to an activating group) is 1. The summed E-state index contributed by atoms with van der Waals surface area (Å²) in [6.07, 6.45) is 1.08. The van der Waals surface area contributed by atoms with Crippen molar-refractivity contribution in [3.05, 3.63) is 28.8 Å². The highest BCUT2D eigenvalue weighted by atomic mass is 16.3. The number of nitrogens with zero attached hydrogens (tertiary/aromatic N) is 1. The van der Waals surface area contributed by atoms with Crippen molar-refractivity contribution in [2.75, 3.05) is 20.6 Å². The van der Waals surface area contributed by atoms with Gasteiger partial charge in [0.1, 0.15) is 5.75 Å². The van der Waals surface area contributed by atoms with Gasteiger partial charge in [0.2, 0.25) is 0 Å². The second-order valence-corrected chi connectivity index (χ2v) is 6.14. The summed E-state index contributed by atoms with van der Waals surface area (Å²) >= 11 is 0. The van der Waals surface area contributed by atoms with Crippen molar-refractivity contribution in [2.24, 2.45) is 0 Å². The van der Waals surface area contributed by atoms with Gasteiger partial charge in [-0.15, -0.1) is 0 Å². The van der Waals surface area contributed by atoms with Crippen molar-refractivity contribution in [3.8, 4) is 5.75 Å². The third kappa shape index (κ3) is 2.77. The topological polar surface area (TPSA) is 35.5 Å². The van der Waals surface area contributed by atoms with Crippen LogP contribution in [0.5, 0.6) is 5.75 Å². The summed E-state index contributed by atoms with van der Waals surface area (Å²) in [6.45, 7) is 7.54. The lowest BCUT2D eigenvalue weighted by molar-refractivity contribution is 0.291. The molecule has 0 saturated carbocycles. The molecule has 3 nitrogen and oxygen atoms in total. The van der Waals surface area contributed by atoms with Crippen LogP contribution >= 0.6 is 0 Å². The zero-order valence-corrected chi connectivity index (χ0v) is 12.7. The highest BCUT2D eigenvalue weighted by Gasteiger charge is 2.32. The van der Waals surface area contributed by atoms with Crippen LogP contribution in [0.4, 0.5) is 0 Å². The second kappa shape index (κ2) is 5.51. The quantitative estimate of drug-likeness (QED) is 0.876. The highest BCUT2D eigenvalue weighted by Crippen LogP contribution is 2.45. The SMILES string of the molecule is Cc1ccc(O)c2c1C(C)CC2NCC(C)N(C)C. The van der Waals surface area contributed by atoms with Gasteiger partial charge in [0, 0.05) is 24.2 Å². The molecule has 2 N–H and O–H groups in total. The number of benzene rings is 1. The fourth-order valence-electron chi connectivity index (χ4n) is 3.02. The van der Waals surface area contributed by atoms with Crippen molar-refractivity contribution in [1.82, 2.24) is 10.2 Å². The number of fused-ring (bicyclic) bond motifs is 1. The Labute approximate surface area is 116 Å². The minimum absolute atomic E-state index is 0.285. The Balaban J connectivity index is 2.18. The molecule has 0 aliphatic heterocycles. The minimum atomic E-state index is 0.285. The fourth-order valence-corrected chi connectivity index (χ4v) is 3.02. The lowest BCUT2D eigenvalue weighted by atomic mass is 9.97. The third-order valence-corrected chi connectivity index (χ3v) is 4.45. The molecule has 0 spiro atoms. The summed E-state index contributed by atoms with van der Waals surface area (Å²) in [6, 6.07) is 4.63. The van der Waals surface area contributed by atoms with Crippen LogP contribution in [-0.4, -0.2) is 36.7 Å². The lowest BCUT2D eigenvalue weighted by Crippen LogP contribution is -2.36. The normalized spacial score (nSPS) is 23.7. The second-order valence-electron chi connectivity index (χ2n) is 6.14. The Morgan fingerprint density at radius 3 is 2.68 bits per heavy atom. The van der Waals surface area contributed by atoms with Crippen LogP contribution in [0.3, 0.4) is 0 Å². The molecule has 19 heavy (non-hydrogen) atoms.